The Hall–Kier alpha value is -5.64. The van der Waals surface area contributed by atoms with Gasteiger partial charge in [0.1, 0.15) is 23.2 Å². The topological polar surface area (TPSA) is 166 Å². The number of aromatic nitrogens is 2. The second-order valence-electron chi connectivity index (χ2n) is 16.2. The van der Waals surface area contributed by atoms with E-state index in [2.05, 4.69) is 89.9 Å². The molecule has 0 radical (unpaired) electrons. The number of urea groups is 1. The quantitative estimate of drug-likeness (QED) is 0.0374. The molecule has 0 saturated heterocycles. The molecule has 0 bridgehead atoms. The Morgan fingerprint density at radius 2 is 1.11 bits per heavy atom. The summed E-state index contributed by atoms with van der Waals surface area (Å²) in [6.45, 7) is 23.7. The number of nitrogens with two attached hydrogens (primary N) is 1. The third kappa shape index (κ3) is 18.6. The number of hydrogen-bond donors (Lipinski definition) is 3. The maximum atomic E-state index is 12.9. The van der Waals surface area contributed by atoms with Crippen LogP contribution in [0.15, 0.2) is 121 Å². The number of carbonyl (C=O) groups is 4. The highest BCUT2D eigenvalue weighted by Crippen LogP contribution is 2.32. The molecule has 4 aromatic carbocycles. The maximum absolute atomic E-state index is 12.9. The lowest BCUT2D eigenvalue weighted by Gasteiger charge is -2.35. The van der Waals surface area contributed by atoms with Gasteiger partial charge in [-0.2, -0.15) is 0 Å². The van der Waals surface area contributed by atoms with Crippen LogP contribution in [0.3, 0.4) is 0 Å². The van der Waals surface area contributed by atoms with Crippen LogP contribution in [-0.2, 0) is 19.1 Å². The number of rotatable bonds is 11. The number of nitrogens with one attached hydrogen (secondary N) is 2. The summed E-state index contributed by atoms with van der Waals surface area (Å²) in [7, 11) is 0. The van der Waals surface area contributed by atoms with Crippen molar-refractivity contribution in [2.45, 2.75) is 66.5 Å². The first-order chi connectivity index (χ1) is 30.0. The predicted molar refractivity (Wildman–Crippen MR) is 266 cm³/mol. The average Bonchev–Trinajstić information content (AvgIpc) is 3.86. The molecule has 2 amide bonds. The lowest BCUT2D eigenvalue weighted by atomic mass is 10.1. The summed E-state index contributed by atoms with van der Waals surface area (Å²) in [5.41, 5.74) is 11.7. The highest BCUT2D eigenvalue weighted by Gasteiger charge is 2.27. The number of thiazole rings is 2. The van der Waals surface area contributed by atoms with Gasteiger partial charge in [0, 0.05) is 51.3 Å². The number of amides is 2. The molecule has 0 unspecified atom stereocenters. The number of ether oxygens (including phenoxy) is 2. The fraction of sp³-hybridized carbons (Fsp3) is 0.292. The standard InChI is InChI=1S/C24H27N3O3S.C13H10N2S.C10H19NO2.CCl2O/c1-16(2)22(28)30-15-14-27(24(3,4)5)23(29)25-18-12-10-17(11-13-18)21-26-19-8-6-7-9-20(19)31-21;14-10-7-5-9(6-8-10)13-15-11-3-1-2-4-12(11)16-13;1-8(2)9(12)13-7-6-11-10(3,4)5;2-1(3)4/h6-13H,1,14-15H2,2-5H3,(H,25,29);1-8H,14H2;11H,1,6-7H2,2-5H3;. The Balaban J connectivity index is 0.000000274. The number of benzene rings is 4. The second kappa shape index (κ2) is 25.0. The molecule has 0 aliphatic heterocycles. The van der Waals surface area contributed by atoms with Gasteiger partial charge < -0.3 is 30.7 Å². The first kappa shape index (κ1) is 52.7. The molecule has 6 aromatic rings. The molecule has 64 heavy (non-hydrogen) atoms. The summed E-state index contributed by atoms with van der Waals surface area (Å²) in [5, 5.41) is 8.12. The minimum Gasteiger partial charge on any atom is -0.461 e. The minimum absolute atomic E-state index is 0.0651. The van der Waals surface area contributed by atoms with Gasteiger partial charge in [-0.05, 0) is 151 Å². The van der Waals surface area contributed by atoms with Gasteiger partial charge in [0.25, 0.3) is 0 Å². The number of esters is 2. The number of carbonyl (C=O) groups excluding carboxylic acids is 4. The molecule has 6 rings (SSSR count). The number of halogens is 2. The Morgan fingerprint density at radius 3 is 1.52 bits per heavy atom. The Kier molecular flexibility index (Phi) is 20.6. The van der Waals surface area contributed by atoms with Crippen molar-refractivity contribution in [1.29, 1.82) is 0 Å². The van der Waals surface area contributed by atoms with Gasteiger partial charge in [-0.15, -0.1) is 22.7 Å². The van der Waals surface area contributed by atoms with Crippen LogP contribution in [0.2, 0.25) is 0 Å². The van der Waals surface area contributed by atoms with Crippen molar-refractivity contribution in [1.82, 2.24) is 20.2 Å². The van der Waals surface area contributed by atoms with Gasteiger partial charge in [-0.25, -0.2) is 24.4 Å². The molecule has 16 heteroatoms. The molecule has 0 aliphatic carbocycles. The van der Waals surface area contributed by atoms with E-state index in [4.69, 9.17) is 20.0 Å². The van der Waals surface area contributed by atoms with Crippen LogP contribution >= 0.6 is 45.9 Å². The fourth-order valence-electron chi connectivity index (χ4n) is 5.29. The molecule has 4 N–H and O–H groups in total. The molecule has 0 aliphatic rings. The molecule has 12 nitrogen and oxygen atoms in total. The summed E-state index contributed by atoms with van der Waals surface area (Å²) in [6, 6.07) is 31.4. The normalized spacial score (nSPS) is 10.8. The summed E-state index contributed by atoms with van der Waals surface area (Å²) in [6.07, 6.45) is 0. The number of nitrogens with zero attached hydrogens (tertiary/aromatic N) is 3. The molecule has 340 valence electrons. The van der Waals surface area contributed by atoms with Crippen LogP contribution in [-0.4, -0.2) is 74.9 Å². The van der Waals surface area contributed by atoms with Crippen LogP contribution in [0.5, 0.6) is 0 Å². The Bertz CT molecular complexity index is 2440. The van der Waals surface area contributed by atoms with Crippen LogP contribution in [0.1, 0.15) is 55.4 Å². The number of nitrogen functional groups attached to an aromatic ring is 1. The van der Waals surface area contributed by atoms with Crippen LogP contribution in [0.25, 0.3) is 41.6 Å². The minimum atomic E-state index is -0.889. The fourth-order valence-corrected chi connectivity index (χ4v) is 7.23. The van der Waals surface area contributed by atoms with Crippen LogP contribution in [0, 0.1) is 0 Å². The van der Waals surface area contributed by atoms with Gasteiger partial charge in [-0.1, -0.05) is 37.4 Å². The monoisotopic (exact) mass is 946 g/mol. The number of fused-ring (bicyclic) bond motifs is 2. The van der Waals surface area contributed by atoms with Gasteiger partial charge in [0.2, 0.25) is 0 Å². The zero-order valence-electron chi connectivity index (χ0n) is 37.4. The average molecular weight is 948 g/mol. The third-order valence-electron chi connectivity index (χ3n) is 8.42. The number of hydrogen-bond acceptors (Lipinski definition) is 12. The highest BCUT2D eigenvalue weighted by molar-refractivity contribution is 7.22. The first-order valence-electron chi connectivity index (χ1n) is 20.1. The predicted octanol–water partition coefficient (Wildman–Crippen LogP) is 12.3. The molecule has 0 fully saturated rings. The summed E-state index contributed by atoms with van der Waals surface area (Å²) in [5.74, 6) is -0.782. The zero-order valence-corrected chi connectivity index (χ0v) is 40.6. The molecule has 0 saturated carbocycles. The lowest BCUT2D eigenvalue weighted by molar-refractivity contribution is -0.140. The van der Waals surface area contributed by atoms with Crippen LogP contribution < -0.4 is 16.4 Å². The van der Waals surface area contributed by atoms with E-state index < -0.39 is 16.2 Å². The summed E-state index contributed by atoms with van der Waals surface area (Å²) >= 11 is 12.1. The van der Waals surface area contributed by atoms with Gasteiger partial charge >= 0.3 is 22.7 Å². The molecule has 2 heterocycles. The largest absolute Gasteiger partial charge is 0.461 e. The zero-order chi connectivity index (χ0) is 47.6. The Morgan fingerprint density at radius 1 is 0.688 bits per heavy atom. The summed E-state index contributed by atoms with van der Waals surface area (Å²) in [4.78, 5) is 55.3. The molecule has 0 spiro atoms. The molecular formula is C48H56Cl2N6O6S2. The SMILES string of the molecule is C=C(C)C(=O)OCCN(C(=O)Nc1ccc(-c2nc3ccccc3s2)cc1)C(C)(C)C.C=C(C)C(=O)OCCNC(C)(C)C.Nc1ccc(-c2nc3ccccc3s2)cc1.O=C(Cl)Cl. The van der Waals surface area contributed by atoms with E-state index in [9.17, 15) is 14.4 Å². The van der Waals surface area contributed by atoms with E-state index in [1.165, 1.54) is 4.70 Å². The smallest absolute Gasteiger partial charge is 0.333 e. The number of para-hydroxylation sites is 2. The van der Waals surface area contributed by atoms with E-state index in [1.54, 1.807) is 41.4 Å². The molecule has 2 aromatic heterocycles. The number of anilines is 2. The van der Waals surface area contributed by atoms with E-state index in [0.717, 1.165) is 42.6 Å². The van der Waals surface area contributed by atoms with E-state index in [1.807, 2.05) is 106 Å². The summed E-state index contributed by atoms with van der Waals surface area (Å²) < 4.78 is 11.5. The van der Waals surface area contributed by atoms with Gasteiger partial charge in [0.05, 0.1) is 27.0 Å². The van der Waals surface area contributed by atoms with Gasteiger partial charge in [-0.3, -0.25) is 4.79 Å². The van der Waals surface area contributed by atoms with Crippen molar-refractivity contribution in [3.05, 3.63) is 121 Å². The van der Waals surface area contributed by atoms with Crippen LogP contribution in [0.4, 0.5) is 21.0 Å². The van der Waals surface area contributed by atoms with E-state index >= 15 is 0 Å². The lowest BCUT2D eigenvalue weighted by Crippen LogP contribution is -2.49. The van der Waals surface area contributed by atoms with Crippen molar-refractivity contribution in [2.75, 3.05) is 37.4 Å². The van der Waals surface area contributed by atoms with E-state index in [0.29, 0.717) is 30.0 Å². The maximum Gasteiger partial charge on any atom is 0.333 e. The third-order valence-corrected chi connectivity index (χ3v) is 10.6. The Labute approximate surface area is 393 Å². The van der Waals surface area contributed by atoms with Crippen molar-refractivity contribution in [3.8, 4) is 21.1 Å². The van der Waals surface area contributed by atoms with Crippen molar-refractivity contribution >= 4 is 100 Å². The first-order valence-corrected chi connectivity index (χ1v) is 22.4. The molecule has 0 atom stereocenters. The van der Waals surface area contributed by atoms with Crippen molar-refractivity contribution in [3.63, 3.8) is 0 Å². The highest BCUT2D eigenvalue weighted by atomic mass is 35.5. The van der Waals surface area contributed by atoms with Gasteiger partial charge in [0.15, 0.2) is 0 Å². The van der Waals surface area contributed by atoms with Crippen molar-refractivity contribution < 1.29 is 28.7 Å². The second-order valence-corrected chi connectivity index (χ2v) is 19.1. The molecular weight excluding hydrogens is 892 g/mol. The van der Waals surface area contributed by atoms with E-state index in [-0.39, 0.29) is 30.7 Å². The van der Waals surface area contributed by atoms with Crippen molar-refractivity contribution in [2.24, 2.45) is 0 Å².